The molecule has 0 saturated carbocycles. The molecule has 0 aliphatic carbocycles. The topological polar surface area (TPSA) is 66.0 Å². The van der Waals surface area contributed by atoms with Crippen molar-refractivity contribution in [1.29, 1.82) is 0 Å². The van der Waals surface area contributed by atoms with E-state index in [4.69, 9.17) is 18.9 Å². The van der Waals surface area contributed by atoms with Crippen molar-refractivity contribution in [3.05, 3.63) is 17.7 Å². The highest BCUT2D eigenvalue weighted by Gasteiger charge is 2.13. The van der Waals surface area contributed by atoms with E-state index in [1.54, 1.807) is 28.3 Å². The highest BCUT2D eigenvalue weighted by Crippen LogP contribution is 2.38. The summed E-state index contributed by atoms with van der Waals surface area (Å²) in [6.07, 6.45) is 0. The van der Waals surface area contributed by atoms with Gasteiger partial charge in [0, 0.05) is 6.54 Å². The lowest BCUT2D eigenvalue weighted by molar-refractivity contribution is -0.142. The van der Waals surface area contributed by atoms with Gasteiger partial charge in [0.15, 0.2) is 11.5 Å². The van der Waals surface area contributed by atoms with Crippen LogP contribution in [-0.2, 0) is 16.1 Å². The second-order valence-corrected chi connectivity index (χ2v) is 3.94. The molecule has 0 radical (unpaired) electrons. The van der Waals surface area contributed by atoms with Crippen molar-refractivity contribution in [2.24, 2.45) is 0 Å². The van der Waals surface area contributed by atoms with Gasteiger partial charge in [0.25, 0.3) is 0 Å². The van der Waals surface area contributed by atoms with Gasteiger partial charge in [0.1, 0.15) is 0 Å². The van der Waals surface area contributed by atoms with Crippen LogP contribution in [0.15, 0.2) is 12.1 Å². The van der Waals surface area contributed by atoms with Crippen LogP contribution in [0.1, 0.15) is 12.5 Å². The van der Waals surface area contributed by atoms with Crippen LogP contribution < -0.4 is 19.5 Å². The number of methoxy groups -OCH3 is 3. The SMILES string of the molecule is CCOC(=O)CNCc1cc(OC)c(OC)c(OC)c1. The van der Waals surface area contributed by atoms with Crippen LogP contribution in [0.4, 0.5) is 0 Å². The fraction of sp³-hybridized carbons (Fsp3) is 0.500. The molecule has 0 fully saturated rings. The Morgan fingerprint density at radius 1 is 1.10 bits per heavy atom. The summed E-state index contributed by atoms with van der Waals surface area (Å²) in [5, 5.41) is 3.00. The van der Waals surface area contributed by atoms with Crippen molar-refractivity contribution in [3.8, 4) is 17.2 Å². The summed E-state index contributed by atoms with van der Waals surface area (Å²) in [6, 6.07) is 3.67. The molecule has 0 aliphatic rings. The van der Waals surface area contributed by atoms with Gasteiger partial charge in [-0.3, -0.25) is 4.79 Å². The second-order valence-electron chi connectivity index (χ2n) is 3.94. The Kier molecular flexibility index (Phi) is 6.66. The molecule has 1 rings (SSSR count). The van der Waals surface area contributed by atoms with Crippen LogP contribution in [0.2, 0.25) is 0 Å². The quantitative estimate of drug-likeness (QED) is 0.727. The fourth-order valence-electron chi connectivity index (χ4n) is 1.76. The number of hydrogen-bond acceptors (Lipinski definition) is 6. The molecule has 0 aromatic heterocycles. The second kappa shape index (κ2) is 8.27. The van der Waals surface area contributed by atoms with Crippen LogP contribution >= 0.6 is 0 Å². The first kappa shape index (κ1) is 16.1. The Morgan fingerprint density at radius 2 is 1.70 bits per heavy atom. The Morgan fingerprint density at radius 3 is 2.15 bits per heavy atom. The normalized spacial score (nSPS) is 10.0. The molecule has 0 amide bonds. The smallest absolute Gasteiger partial charge is 0.319 e. The third kappa shape index (κ3) is 4.31. The Hall–Kier alpha value is -1.95. The highest BCUT2D eigenvalue weighted by molar-refractivity contribution is 5.71. The lowest BCUT2D eigenvalue weighted by Crippen LogP contribution is -2.24. The van der Waals surface area contributed by atoms with Gasteiger partial charge in [0.2, 0.25) is 5.75 Å². The van der Waals surface area contributed by atoms with Crippen LogP contribution in [0.3, 0.4) is 0 Å². The lowest BCUT2D eigenvalue weighted by Gasteiger charge is -2.14. The van der Waals surface area contributed by atoms with Crippen molar-refractivity contribution >= 4 is 5.97 Å². The molecule has 1 N–H and O–H groups in total. The van der Waals surface area contributed by atoms with E-state index in [0.29, 0.717) is 30.4 Å². The number of ether oxygens (including phenoxy) is 4. The zero-order valence-corrected chi connectivity index (χ0v) is 12.3. The zero-order valence-electron chi connectivity index (χ0n) is 12.3. The first-order chi connectivity index (χ1) is 9.65. The van der Waals surface area contributed by atoms with Gasteiger partial charge >= 0.3 is 5.97 Å². The molecule has 0 saturated heterocycles. The molecule has 0 spiro atoms. The van der Waals surface area contributed by atoms with Crippen LogP contribution in [0, 0.1) is 0 Å². The van der Waals surface area contributed by atoms with Gasteiger partial charge < -0.3 is 24.3 Å². The van der Waals surface area contributed by atoms with Gasteiger partial charge in [-0.15, -0.1) is 0 Å². The predicted octanol–water partition coefficient (Wildman–Crippen LogP) is 1.37. The maximum atomic E-state index is 11.2. The maximum absolute atomic E-state index is 11.2. The van der Waals surface area contributed by atoms with Gasteiger partial charge in [0.05, 0.1) is 34.5 Å². The minimum absolute atomic E-state index is 0.157. The molecule has 1 aromatic carbocycles. The van der Waals surface area contributed by atoms with Crippen molar-refractivity contribution < 1.29 is 23.7 Å². The van der Waals surface area contributed by atoms with Crippen LogP contribution in [0.25, 0.3) is 0 Å². The Balaban J connectivity index is 2.73. The molecule has 6 nitrogen and oxygen atoms in total. The predicted molar refractivity (Wildman–Crippen MR) is 74.4 cm³/mol. The minimum Gasteiger partial charge on any atom is -0.493 e. The summed E-state index contributed by atoms with van der Waals surface area (Å²) < 4.78 is 20.6. The third-order valence-corrected chi connectivity index (χ3v) is 2.63. The monoisotopic (exact) mass is 283 g/mol. The summed E-state index contributed by atoms with van der Waals surface area (Å²) in [5.41, 5.74) is 0.920. The molecular formula is C14H21NO5. The Labute approximate surface area is 119 Å². The van der Waals surface area contributed by atoms with Crippen LogP contribution in [-0.4, -0.2) is 40.5 Å². The summed E-state index contributed by atoms with van der Waals surface area (Å²) in [6.45, 7) is 2.81. The van der Waals surface area contributed by atoms with E-state index in [-0.39, 0.29) is 12.5 Å². The molecule has 112 valence electrons. The first-order valence-corrected chi connectivity index (χ1v) is 6.31. The van der Waals surface area contributed by atoms with E-state index in [9.17, 15) is 4.79 Å². The number of benzene rings is 1. The number of rotatable bonds is 8. The number of esters is 1. The molecule has 0 unspecified atom stereocenters. The average Bonchev–Trinajstić information content (AvgIpc) is 2.46. The number of carbonyl (C=O) groups is 1. The average molecular weight is 283 g/mol. The summed E-state index contributed by atoms with van der Waals surface area (Å²) >= 11 is 0. The van der Waals surface area contributed by atoms with Crippen molar-refractivity contribution in [3.63, 3.8) is 0 Å². The van der Waals surface area contributed by atoms with Crippen molar-refractivity contribution in [2.45, 2.75) is 13.5 Å². The van der Waals surface area contributed by atoms with E-state index in [0.717, 1.165) is 5.56 Å². The highest BCUT2D eigenvalue weighted by atomic mass is 16.5. The standard InChI is InChI=1S/C14H21NO5/c1-5-20-13(16)9-15-8-10-6-11(17-2)14(19-4)12(7-10)18-3/h6-7,15H,5,8-9H2,1-4H3. The first-order valence-electron chi connectivity index (χ1n) is 6.31. The van der Waals surface area contributed by atoms with E-state index < -0.39 is 0 Å². The Bertz CT molecular complexity index is 422. The van der Waals surface area contributed by atoms with Gasteiger partial charge in [-0.25, -0.2) is 0 Å². The summed E-state index contributed by atoms with van der Waals surface area (Å²) in [4.78, 5) is 11.2. The number of nitrogens with one attached hydrogen (secondary N) is 1. The van der Waals surface area contributed by atoms with Gasteiger partial charge in [-0.2, -0.15) is 0 Å². The number of hydrogen-bond donors (Lipinski definition) is 1. The molecule has 0 aliphatic heterocycles. The molecule has 0 atom stereocenters. The largest absolute Gasteiger partial charge is 0.493 e. The van der Waals surface area contributed by atoms with Crippen molar-refractivity contribution in [1.82, 2.24) is 5.32 Å². The molecule has 1 aromatic rings. The zero-order chi connectivity index (χ0) is 15.0. The minimum atomic E-state index is -0.278. The van der Waals surface area contributed by atoms with E-state index in [1.165, 1.54) is 0 Å². The van der Waals surface area contributed by atoms with E-state index >= 15 is 0 Å². The number of carbonyl (C=O) groups excluding carboxylic acids is 1. The molecular weight excluding hydrogens is 262 g/mol. The van der Waals surface area contributed by atoms with Crippen molar-refractivity contribution in [2.75, 3.05) is 34.5 Å². The maximum Gasteiger partial charge on any atom is 0.319 e. The molecule has 20 heavy (non-hydrogen) atoms. The molecule has 0 heterocycles. The summed E-state index contributed by atoms with van der Waals surface area (Å²) in [7, 11) is 4.68. The lowest BCUT2D eigenvalue weighted by atomic mass is 10.2. The van der Waals surface area contributed by atoms with Gasteiger partial charge in [-0.05, 0) is 24.6 Å². The third-order valence-electron chi connectivity index (χ3n) is 2.63. The molecule has 0 bridgehead atoms. The van der Waals surface area contributed by atoms with E-state index in [2.05, 4.69) is 5.32 Å². The van der Waals surface area contributed by atoms with Gasteiger partial charge in [-0.1, -0.05) is 0 Å². The molecule has 6 heteroatoms. The van der Waals surface area contributed by atoms with Crippen LogP contribution in [0.5, 0.6) is 17.2 Å². The fourth-order valence-corrected chi connectivity index (χ4v) is 1.76. The van der Waals surface area contributed by atoms with E-state index in [1.807, 2.05) is 12.1 Å². The summed E-state index contributed by atoms with van der Waals surface area (Å²) in [5.74, 6) is 1.43.